The molecular weight excluding hydrogens is 437 g/mol. The first-order chi connectivity index (χ1) is 15.5. The van der Waals surface area contributed by atoms with Crippen molar-refractivity contribution in [2.45, 2.75) is 32.3 Å². The van der Waals surface area contributed by atoms with E-state index in [0.717, 1.165) is 39.2 Å². The number of carbonyl (C=O) groups is 2. The average Bonchev–Trinajstić information content (AvgIpc) is 2.92. The molecule has 1 fully saturated rings. The van der Waals surface area contributed by atoms with E-state index in [2.05, 4.69) is 15.0 Å². The number of rotatable bonds is 5. The number of amides is 3. The Morgan fingerprint density at radius 1 is 1.06 bits per heavy atom. The molecule has 1 saturated heterocycles. The van der Waals surface area contributed by atoms with Gasteiger partial charge in [0.1, 0.15) is 11.3 Å². The standard InChI is InChI=1S/C23H21F3N4O3/c1-22(2)20(31)30(16-5-7-17(8-6-16)33-23(24,25)26)21(32)29(22)13-14-10-11-28-19-9-4-15(27-3)12-18(14)19/h4-12,27H,13H2,1-3H3. The number of imide groups is 1. The van der Waals surface area contributed by atoms with Gasteiger partial charge < -0.3 is 15.0 Å². The van der Waals surface area contributed by atoms with Crippen LogP contribution in [0.25, 0.3) is 10.9 Å². The molecule has 1 aromatic heterocycles. The number of urea groups is 1. The Balaban J connectivity index is 1.65. The summed E-state index contributed by atoms with van der Waals surface area (Å²) in [7, 11) is 1.80. The number of ether oxygens (including phenoxy) is 1. The van der Waals surface area contributed by atoms with Crippen LogP contribution in [0.4, 0.5) is 29.3 Å². The number of aromatic nitrogens is 1. The summed E-state index contributed by atoms with van der Waals surface area (Å²) >= 11 is 0. The highest BCUT2D eigenvalue weighted by atomic mass is 19.4. The molecule has 2 aromatic carbocycles. The van der Waals surface area contributed by atoms with E-state index in [-0.39, 0.29) is 12.2 Å². The van der Waals surface area contributed by atoms with Crippen LogP contribution in [-0.4, -0.2) is 40.8 Å². The molecule has 0 unspecified atom stereocenters. The largest absolute Gasteiger partial charge is 0.573 e. The first kappa shape index (κ1) is 22.4. The summed E-state index contributed by atoms with van der Waals surface area (Å²) in [6, 6.07) is 11.5. The minimum Gasteiger partial charge on any atom is -0.406 e. The van der Waals surface area contributed by atoms with Crippen molar-refractivity contribution in [2.75, 3.05) is 17.3 Å². The van der Waals surface area contributed by atoms with Crippen molar-refractivity contribution in [1.29, 1.82) is 0 Å². The fourth-order valence-electron chi connectivity index (χ4n) is 3.79. The zero-order chi connectivity index (χ0) is 24.0. The number of hydrogen-bond acceptors (Lipinski definition) is 5. The molecule has 3 amide bonds. The molecule has 2 heterocycles. The number of halogens is 3. The van der Waals surface area contributed by atoms with Crippen LogP contribution in [0.1, 0.15) is 19.4 Å². The van der Waals surface area contributed by atoms with E-state index in [9.17, 15) is 22.8 Å². The fraction of sp³-hybridized carbons (Fsp3) is 0.261. The average molecular weight is 458 g/mol. The zero-order valence-electron chi connectivity index (χ0n) is 18.1. The molecular formula is C23H21F3N4O3. The molecule has 172 valence electrons. The van der Waals surface area contributed by atoms with Crippen LogP contribution in [0, 0.1) is 0 Å². The van der Waals surface area contributed by atoms with Crippen molar-refractivity contribution < 1.29 is 27.5 Å². The van der Waals surface area contributed by atoms with Crippen molar-refractivity contribution in [2.24, 2.45) is 0 Å². The summed E-state index contributed by atoms with van der Waals surface area (Å²) in [6.07, 6.45) is -3.19. The summed E-state index contributed by atoms with van der Waals surface area (Å²) < 4.78 is 41.2. The summed E-state index contributed by atoms with van der Waals surface area (Å²) in [5, 5.41) is 3.91. The number of nitrogens with one attached hydrogen (secondary N) is 1. The van der Waals surface area contributed by atoms with Gasteiger partial charge in [-0.3, -0.25) is 9.78 Å². The molecule has 1 aliphatic rings. The second-order valence-corrected chi connectivity index (χ2v) is 8.06. The van der Waals surface area contributed by atoms with Gasteiger partial charge in [-0.05, 0) is 67.9 Å². The SMILES string of the molecule is CNc1ccc2nccc(CN3C(=O)N(c4ccc(OC(F)(F)F)cc4)C(=O)C3(C)C)c2c1. The molecule has 7 nitrogen and oxygen atoms in total. The van der Waals surface area contributed by atoms with Gasteiger partial charge in [0.05, 0.1) is 11.2 Å². The lowest BCUT2D eigenvalue weighted by Crippen LogP contribution is -2.43. The Kier molecular flexibility index (Phi) is 5.39. The zero-order valence-corrected chi connectivity index (χ0v) is 18.1. The lowest BCUT2D eigenvalue weighted by Gasteiger charge is -2.28. The second kappa shape index (κ2) is 7.95. The maximum Gasteiger partial charge on any atom is 0.573 e. The molecule has 0 bridgehead atoms. The number of hydrogen-bond donors (Lipinski definition) is 1. The van der Waals surface area contributed by atoms with E-state index in [1.54, 1.807) is 33.2 Å². The van der Waals surface area contributed by atoms with Gasteiger partial charge in [-0.2, -0.15) is 0 Å². The van der Waals surface area contributed by atoms with Crippen molar-refractivity contribution >= 4 is 34.2 Å². The lowest BCUT2D eigenvalue weighted by atomic mass is 10.0. The molecule has 0 radical (unpaired) electrons. The highest BCUT2D eigenvalue weighted by molar-refractivity contribution is 6.23. The van der Waals surface area contributed by atoms with Crippen molar-refractivity contribution in [3.63, 3.8) is 0 Å². The first-order valence-corrected chi connectivity index (χ1v) is 10.1. The third-order valence-corrected chi connectivity index (χ3v) is 5.60. The molecule has 0 saturated carbocycles. The first-order valence-electron chi connectivity index (χ1n) is 10.1. The summed E-state index contributed by atoms with van der Waals surface area (Å²) in [5.74, 6) is -0.920. The second-order valence-electron chi connectivity index (χ2n) is 8.06. The quantitative estimate of drug-likeness (QED) is 0.550. The minimum absolute atomic E-state index is 0.148. The van der Waals surface area contributed by atoms with E-state index in [4.69, 9.17) is 0 Å². The number of benzene rings is 2. The van der Waals surface area contributed by atoms with E-state index < -0.39 is 29.6 Å². The summed E-state index contributed by atoms with van der Waals surface area (Å²) in [5.41, 5.74) is 1.42. The Bertz CT molecular complexity index is 1230. The van der Waals surface area contributed by atoms with Gasteiger partial charge >= 0.3 is 12.4 Å². The Hall–Kier alpha value is -3.82. The summed E-state index contributed by atoms with van der Waals surface area (Å²) in [4.78, 5) is 33.2. The van der Waals surface area contributed by atoms with Crippen molar-refractivity contribution in [3.05, 3.63) is 60.3 Å². The van der Waals surface area contributed by atoms with Crippen LogP contribution in [0.3, 0.4) is 0 Å². The van der Waals surface area contributed by atoms with Crippen LogP contribution in [-0.2, 0) is 11.3 Å². The van der Waals surface area contributed by atoms with Crippen molar-refractivity contribution in [3.8, 4) is 5.75 Å². The topological polar surface area (TPSA) is 74.8 Å². The van der Waals surface area contributed by atoms with E-state index in [0.29, 0.717) is 0 Å². The molecule has 0 spiro atoms. The smallest absolute Gasteiger partial charge is 0.406 e. The van der Waals surface area contributed by atoms with Gasteiger partial charge in [-0.15, -0.1) is 13.2 Å². The molecule has 0 aliphatic carbocycles. The van der Waals surface area contributed by atoms with E-state index in [1.165, 1.54) is 17.0 Å². The number of carbonyl (C=O) groups excluding carboxylic acids is 2. The van der Waals surface area contributed by atoms with Crippen LogP contribution >= 0.6 is 0 Å². The Morgan fingerprint density at radius 3 is 2.39 bits per heavy atom. The predicted molar refractivity (Wildman–Crippen MR) is 117 cm³/mol. The highest BCUT2D eigenvalue weighted by Crippen LogP contribution is 2.35. The molecule has 1 N–H and O–H groups in total. The number of alkyl halides is 3. The summed E-state index contributed by atoms with van der Waals surface area (Å²) in [6.45, 7) is 3.42. The normalized spacial score (nSPS) is 15.9. The van der Waals surface area contributed by atoms with Crippen molar-refractivity contribution in [1.82, 2.24) is 9.88 Å². The van der Waals surface area contributed by atoms with Crippen LogP contribution in [0.2, 0.25) is 0 Å². The molecule has 1 aliphatic heterocycles. The van der Waals surface area contributed by atoms with Gasteiger partial charge in [0.2, 0.25) is 0 Å². The minimum atomic E-state index is -4.83. The third-order valence-electron chi connectivity index (χ3n) is 5.60. The number of nitrogens with zero attached hydrogens (tertiary/aromatic N) is 3. The van der Waals surface area contributed by atoms with Gasteiger partial charge in [-0.1, -0.05) is 0 Å². The molecule has 33 heavy (non-hydrogen) atoms. The van der Waals surface area contributed by atoms with Crippen LogP contribution in [0.15, 0.2) is 54.7 Å². The molecule has 0 atom stereocenters. The van der Waals surface area contributed by atoms with E-state index >= 15 is 0 Å². The van der Waals surface area contributed by atoms with Gasteiger partial charge in [0, 0.05) is 30.9 Å². The number of pyridine rings is 1. The predicted octanol–water partition coefficient (Wildman–Crippen LogP) is 4.92. The van der Waals surface area contributed by atoms with E-state index in [1.807, 2.05) is 18.2 Å². The molecule has 10 heteroatoms. The van der Waals surface area contributed by atoms with Gasteiger partial charge in [0.15, 0.2) is 0 Å². The fourth-order valence-corrected chi connectivity index (χ4v) is 3.79. The van der Waals surface area contributed by atoms with Crippen LogP contribution in [0.5, 0.6) is 5.75 Å². The highest BCUT2D eigenvalue weighted by Gasteiger charge is 2.51. The monoisotopic (exact) mass is 458 g/mol. The Morgan fingerprint density at radius 2 is 1.76 bits per heavy atom. The number of fused-ring (bicyclic) bond motifs is 1. The maximum atomic E-state index is 13.3. The Labute approximate surface area is 187 Å². The molecule has 3 aromatic rings. The third kappa shape index (κ3) is 4.15. The van der Waals surface area contributed by atoms with Crippen LogP contribution < -0.4 is 15.0 Å². The molecule has 4 rings (SSSR count). The lowest BCUT2D eigenvalue weighted by molar-refractivity contribution is -0.274. The number of anilines is 2. The van der Waals surface area contributed by atoms with Gasteiger partial charge in [0.25, 0.3) is 5.91 Å². The maximum absolute atomic E-state index is 13.3. The van der Waals surface area contributed by atoms with Gasteiger partial charge in [-0.25, -0.2) is 9.69 Å².